The molecule has 0 aliphatic rings. The third-order valence-electron chi connectivity index (χ3n) is 4.24. The Morgan fingerprint density at radius 1 is 1.28 bits per heavy atom. The molecular formula is C19H24N4OS. The molecule has 0 spiro atoms. The SMILES string of the molecule is Cc1nc(C(=O)NCCCc2nc3ccccc3n2C)c(C(C)C)s1. The molecule has 2 aromatic heterocycles. The van der Waals surface area contributed by atoms with E-state index in [1.54, 1.807) is 11.3 Å². The average Bonchev–Trinajstić information content (AvgIpc) is 3.13. The molecule has 3 aromatic rings. The van der Waals surface area contributed by atoms with E-state index in [-0.39, 0.29) is 5.91 Å². The number of imidazole rings is 1. The van der Waals surface area contributed by atoms with Crippen molar-refractivity contribution < 1.29 is 4.79 Å². The summed E-state index contributed by atoms with van der Waals surface area (Å²) in [6.07, 6.45) is 1.68. The normalized spacial score (nSPS) is 11.4. The van der Waals surface area contributed by atoms with Gasteiger partial charge in [0.2, 0.25) is 0 Å². The molecule has 5 nitrogen and oxygen atoms in total. The molecule has 0 atom stereocenters. The summed E-state index contributed by atoms with van der Waals surface area (Å²) in [5.41, 5.74) is 2.74. The van der Waals surface area contributed by atoms with Crippen molar-refractivity contribution in [1.82, 2.24) is 19.9 Å². The van der Waals surface area contributed by atoms with Gasteiger partial charge in [0.25, 0.3) is 5.91 Å². The second kappa shape index (κ2) is 7.35. The fourth-order valence-electron chi connectivity index (χ4n) is 2.95. The monoisotopic (exact) mass is 356 g/mol. The fourth-order valence-corrected chi connectivity index (χ4v) is 3.87. The lowest BCUT2D eigenvalue weighted by Gasteiger charge is -2.07. The third-order valence-corrected chi connectivity index (χ3v) is 5.51. The van der Waals surface area contributed by atoms with E-state index in [1.165, 1.54) is 0 Å². The van der Waals surface area contributed by atoms with Gasteiger partial charge in [-0.3, -0.25) is 4.79 Å². The first kappa shape index (κ1) is 17.6. The third kappa shape index (κ3) is 3.74. The summed E-state index contributed by atoms with van der Waals surface area (Å²) in [4.78, 5) is 22.5. The van der Waals surface area contributed by atoms with E-state index in [4.69, 9.17) is 0 Å². The minimum absolute atomic E-state index is 0.0712. The number of aryl methyl sites for hydroxylation is 3. The highest BCUT2D eigenvalue weighted by molar-refractivity contribution is 7.12. The molecule has 2 heterocycles. The average molecular weight is 356 g/mol. The van der Waals surface area contributed by atoms with Gasteiger partial charge in [-0.2, -0.15) is 0 Å². The zero-order valence-electron chi connectivity index (χ0n) is 15.2. The maximum Gasteiger partial charge on any atom is 0.271 e. The van der Waals surface area contributed by atoms with Gasteiger partial charge in [-0.15, -0.1) is 11.3 Å². The number of fused-ring (bicyclic) bond motifs is 1. The van der Waals surface area contributed by atoms with Gasteiger partial charge in [0.05, 0.1) is 16.0 Å². The van der Waals surface area contributed by atoms with Crippen LogP contribution in [-0.2, 0) is 13.5 Å². The molecule has 1 amide bonds. The van der Waals surface area contributed by atoms with E-state index in [0.717, 1.165) is 39.6 Å². The first-order valence-corrected chi connectivity index (χ1v) is 9.45. The van der Waals surface area contributed by atoms with Crippen molar-refractivity contribution in [3.63, 3.8) is 0 Å². The Morgan fingerprint density at radius 2 is 2.04 bits per heavy atom. The number of thiazole rings is 1. The van der Waals surface area contributed by atoms with Crippen molar-refractivity contribution in [2.24, 2.45) is 7.05 Å². The van der Waals surface area contributed by atoms with E-state index in [1.807, 2.05) is 32.2 Å². The van der Waals surface area contributed by atoms with E-state index in [2.05, 4.69) is 39.8 Å². The van der Waals surface area contributed by atoms with Crippen LogP contribution in [0.4, 0.5) is 0 Å². The number of para-hydroxylation sites is 2. The molecule has 0 saturated carbocycles. The number of nitrogens with zero attached hydrogens (tertiary/aromatic N) is 3. The van der Waals surface area contributed by atoms with Gasteiger partial charge in [-0.25, -0.2) is 9.97 Å². The zero-order valence-corrected chi connectivity index (χ0v) is 16.0. The molecule has 0 fully saturated rings. The molecule has 0 bridgehead atoms. The number of benzene rings is 1. The Kier molecular flexibility index (Phi) is 5.18. The van der Waals surface area contributed by atoms with Crippen LogP contribution in [0, 0.1) is 6.92 Å². The maximum atomic E-state index is 12.4. The largest absolute Gasteiger partial charge is 0.351 e. The lowest BCUT2D eigenvalue weighted by Crippen LogP contribution is -2.26. The second-order valence-corrected chi connectivity index (χ2v) is 7.77. The van der Waals surface area contributed by atoms with Gasteiger partial charge in [-0.1, -0.05) is 26.0 Å². The van der Waals surface area contributed by atoms with Gasteiger partial charge in [0, 0.05) is 24.9 Å². The summed E-state index contributed by atoms with van der Waals surface area (Å²) in [5, 5.41) is 3.94. The summed E-state index contributed by atoms with van der Waals surface area (Å²) >= 11 is 1.61. The van der Waals surface area contributed by atoms with Crippen molar-refractivity contribution >= 4 is 28.3 Å². The van der Waals surface area contributed by atoms with E-state index in [0.29, 0.717) is 18.2 Å². The number of aromatic nitrogens is 3. The quantitative estimate of drug-likeness (QED) is 0.683. The Labute approximate surface area is 152 Å². The topological polar surface area (TPSA) is 59.8 Å². The number of carbonyl (C=O) groups is 1. The summed E-state index contributed by atoms with van der Waals surface area (Å²) < 4.78 is 2.12. The smallest absolute Gasteiger partial charge is 0.271 e. The summed E-state index contributed by atoms with van der Waals surface area (Å²) in [5.74, 6) is 1.29. The minimum Gasteiger partial charge on any atom is -0.351 e. The molecule has 25 heavy (non-hydrogen) atoms. The molecule has 132 valence electrons. The summed E-state index contributed by atoms with van der Waals surface area (Å²) in [6.45, 7) is 6.75. The predicted molar refractivity (Wildman–Crippen MR) is 102 cm³/mol. The van der Waals surface area contributed by atoms with Crippen LogP contribution in [0.5, 0.6) is 0 Å². The number of nitrogens with one attached hydrogen (secondary N) is 1. The number of carbonyl (C=O) groups excluding carboxylic acids is 1. The van der Waals surface area contributed by atoms with Crippen LogP contribution < -0.4 is 5.32 Å². The van der Waals surface area contributed by atoms with E-state index >= 15 is 0 Å². The van der Waals surface area contributed by atoms with E-state index < -0.39 is 0 Å². The van der Waals surface area contributed by atoms with Gasteiger partial charge in [-0.05, 0) is 31.4 Å². The van der Waals surface area contributed by atoms with Crippen LogP contribution in [0.25, 0.3) is 11.0 Å². The molecular weight excluding hydrogens is 332 g/mol. The number of hydrogen-bond acceptors (Lipinski definition) is 4. The van der Waals surface area contributed by atoms with Crippen molar-refractivity contribution in [2.45, 2.75) is 39.5 Å². The Hall–Kier alpha value is -2.21. The molecule has 6 heteroatoms. The molecule has 0 aliphatic heterocycles. The minimum atomic E-state index is -0.0712. The zero-order chi connectivity index (χ0) is 18.0. The molecule has 3 rings (SSSR count). The highest BCUT2D eigenvalue weighted by Crippen LogP contribution is 2.26. The molecule has 1 aromatic carbocycles. The molecule has 0 radical (unpaired) electrons. The van der Waals surface area contributed by atoms with Crippen molar-refractivity contribution in [3.8, 4) is 0 Å². The Bertz CT molecular complexity index is 894. The highest BCUT2D eigenvalue weighted by atomic mass is 32.1. The Morgan fingerprint density at radius 3 is 2.76 bits per heavy atom. The maximum absolute atomic E-state index is 12.4. The highest BCUT2D eigenvalue weighted by Gasteiger charge is 2.18. The summed E-state index contributed by atoms with van der Waals surface area (Å²) in [7, 11) is 2.04. The molecule has 1 N–H and O–H groups in total. The van der Waals surface area contributed by atoms with Crippen molar-refractivity contribution in [2.75, 3.05) is 6.54 Å². The van der Waals surface area contributed by atoms with Gasteiger partial charge >= 0.3 is 0 Å². The van der Waals surface area contributed by atoms with Crippen LogP contribution in [-0.4, -0.2) is 27.0 Å². The number of hydrogen-bond donors (Lipinski definition) is 1. The summed E-state index contributed by atoms with van der Waals surface area (Å²) in [6, 6.07) is 8.13. The number of amides is 1. The van der Waals surface area contributed by atoms with Crippen molar-refractivity contribution in [1.29, 1.82) is 0 Å². The Balaban J connectivity index is 1.58. The standard InChI is InChI=1S/C19H24N4OS/c1-12(2)18-17(21-13(3)25-18)19(24)20-11-7-10-16-22-14-8-5-6-9-15(14)23(16)4/h5-6,8-9,12H,7,10-11H2,1-4H3,(H,20,24). The van der Waals surface area contributed by atoms with Crippen LogP contribution >= 0.6 is 11.3 Å². The lowest BCUT2D eigenvalue weighted by atomic mass is 10.1. The number of rotatable bonds is 6. The van der Waals surface area contributed by atoms with Crippen LogP contribution in [0.15, 0.2) is 24.3 Å². The predicted octanol–water partition coefficient (Wildman–Crippen LogP) is 3.82. The van der Waals surface area contributed by atoms with Gasteiger partial charge in [0.15, 0.2) is 0 Å². The van der Waals surface area contributed by atoms with Crippen LogP contribution in [0.1, 0.15) is 52.4 Å². The van der Waals surface area contributed by atoms with E-state index in [9.17, 15) is 4.79 Å². The fraction of sp³-hybridized carbons (Fsp3) is 0.421. The molecule has 0 aliphatic carbocycles. The molecule has 0 saturated heterocycles. The first-order chi connectivity index (χ1) is 12.0. The van der Waals surface area contributed by atoms with Crippen molar-refractivity contribution in [3.05, 3.63) is 45.7 Å². The lowest BCUT2D eigenvalue weighted by molar-refractivity contribution is 0.0947. The second-order valence-electron chi connectivity index (χ2n) is 6.54. The van der Waals surface area contributed by atoms with Gasteiger partial charge in [0.1, 0.15) is 11.5 Å². The molecule has 0 unspecified atom stereocenters. The van der Waals surface area contributed by atoms with Crippen LogP contribution in [0.2, 0.25) is 0 Å². The van der Waals surface area contributed by atoms with Gasteiger partial charge < -0.3 is 9.88 Å². The van der Waals surface area contributed by atoms with Crippen LogP contribution in [0.3, 0.4) is 0 Å². The first-order valence-electron chi connectivity index (χ1n) is 8.63.